The lowest BCUT2D eigenvalue weighted by molar-refractivity contribution is 0.300. The molecule has 0 aliphatic heterocycles. The van der Waals surface area contributed by atoms with Gasteiger partial charge in [0.05, 0.1) is 5.52 Å². The lowest BCUT2D eigenvalue weighted by atomic mass is 10.1. The Kier molecular flexibility index (Phi) is 2.61. The molecule has 2 N–H and O–H groups in total. The van der Waals surface area contributed by atoms with E-state index in [9.17, 15) is 0 Å². The first-order valence-corrected chi connectivity index (χ1v) is 5.40. The van der Waals surface area contributed by atoms with Crippen molar-refractivity contribution in [3.8, 4) is 0 Å². The molecule has 0 amide bonds. The van der Waals surface area contributed by atoms with Gasteiger partial charge < -0.3 is 10.1 Å². The molecule has 0 spiro atoms. The predicted molar refractivity (Wildman–Crippen MR) is 61.5 cm³/mol. The SMILES string of the molecule is Cc1[nH]c2c(Br)cccc2c1CCO. The van der Waals surface area contributed by atoms with Crippen molar-refractivity contribution >= 4 is 26.8 Å². The highest BCUT2D eigenvalue weighted by Crippen LogP contribution is 2.28. The molecule has 0 unspecified atom stereocenters. The highest BCUT2D eigenvalue weighted by atomic mass is 79.9. The van der Waals surface area contributed by atoms with E-state index in [4.69, 9.17) is 5.11 Å². The largest absolute Gasteiger partial charge is 0.396 e. The maximum absolute atomic E-state index is 8.97. The van der Waals surface area contributed by atoms with Crippen LogP contribution in [0.25, 0.3) is 10.9 Å². The highest BCUT2D eigenvalue weighted by molar-refractivity contribution is 9.10. The molecule has 74 valence electrons. The highest BCUT2D eigenvalue weighted by Gasteiger charge is 2.08. The van der Waals surface area contributed by atoms with E-state index in [-0.39, 0.29) is 6.61 Å². The van der Waals surface area contributed by atoms with E-state index in [0.29, 0.717) is 6.42 Å². The van der Waals surface area contributed by atoms with Gasteiger partial charge in [-0.2, -0.15) is 0 Å². The number of para-hydroxylation sites is 1. The number of nitrogens with one attached hydrogen (secondary N) is 1. The zero-order valence-electron chi connectivity index (χ0n) is 7.97. The number of hydrogen-bond donors (Lipinski definition) is 2. The zero-order chi connectivity index (χ0) is 10.1. The van der Waals surface area contributed by atoms with Crippen LogP contribution < -0.4 is 0 Å². The van der Waals surface area contributed by atoms with Crippen molar-refractivity contribution in [2.45, 2.75) is 13.3 Å². The number of aliphatic hydroxyl groups excluding tert-OH is 1. The van der Waals surface area contributed by atoms with E-state index < -0.39 is 0 Å². The number of hydrogen-bond acceptors (Lipinski definition) is 1. The zero-order valence-corrected chi connectivity index (χ0v) is 9.56. The maximum atomic E-state index is 8.97. The van der Waals surface area contributed by atoms with Gasteiger partial charge in [0, 0.05) is 22.2 Å². The molecule has 0 fully saturated rings. The van der Waals surface area contributed by atoms with Crippen LogP contribution in [0.4, 0.5) is 0 Å². The van der Waals surface area contributed by atoms with Crippen LogP contribution in [0.1, 0.15) is 11.3 Å². The number of H-pyrrole nitrogens is 1. The molecule has 14 heavy (non-hydrogen) atoms. The number of aliphatic hydroxyl groups is 1. The van der Waals surface area contributed by atoms with Gasteiger partial charge in [0.25, 0.3) is 0 Å². The van der Waals surface area contributed by atoms with Crippen molar-refractivity contribution in [3.63, 3.8) is 0 Å². The molecule has 0 radical (unpaired) electrons. The third kappa shape index (κ3) is 1.47. The molecule has 1 aromatic carbocycles. The second-order valence-electron chi connectivity index (χ2n) is 3.36. The standard InChI is InChI=1S/C11H12BrNO/c1-7-8(5-6-14)9-3-2-4-10(12)11(9)13-7/h2-4,13-14H,5-6H2,1H3. The van der Waals surface area contributed by atoms with Crippen LogP contribution in [-0.4, -0.2) is 16.7 Å². The fraction of sp³-hybridized carbons (Fsp3) is 0.273. The lowest BCUT2D eigenvalue weighted by Gasteiger charge is -1.97. The Morgan fingerprint density at radius 3 is 2.93 bits per heavy atom. The molecular weight excluding hydrogens is 242 g/mol. The lowest BCUT2D eigenvalue weighted by Crippen LogP contribution is -1.91. The molecule has 0 atom stereocenters. The van der Waals surface area contributed by atoms with Crippen LogP contribution >= 0.6 is 15.9 Å². The summed E-state index contributed by atoms with van der Waals surface area (Å²) in [5.41, 5.74) is 3.47. The fourth-order valence-electron chi connectivity index (χ4n) is 1.80. The Bertz CT molecular complexity index is 462. The van der Waals surface area contributed by atoms with Crippen LogP contribution in [0, 0.1) is 6.92 Å². The number of aromatic nitrogens is 1. The minimum atomic E-state index is 0.195. The third-order valence-corrected chi connectivity index (χ3v) is 3.13. The van der Waals surface area contributed by atoms with E-state index >= 15 is 0 Å². The van der Waals surface area contributed by atoms with Crippen molar-refractivity contribution in [3.05, 3.63) is 33.9 Å². The number of fused-ring (bicyclic) bond motifs is 1. The van der Waals surface area contributed by atoms with Gasteiger partial charge in [0.1, 0.15) is 0 Å². The first kappa shape index (κ1) is 9.74. The Balaban J connectivity index is 2.70. The van der Waals surface area contributed by atoms with Crippen LogP contribution in [0.5, 0.6) is 0 Å². The summed E-state index contributed by atoms with van der Waals surface area (Å²) in [6, 6.07) is 6.11. The quantitative estimate of drug-likeness (QED) is 0.849. The number of halogens is 1. The molecule has 1 heterocycles. The average molecular weight is 254 g/mol. The van der Waals surface area contributed by atoms with Crippen LogP contribution in [-0.2, 0) is 6.42 Å². The molecule has 2 nitrogen and oxygen atoms in total. The van der Waals surface area contributed by atoms with Crippen molar-refractivity contribution in [2.24, 2.45) is 0 Å². The molecule has 1 aromatic heterocycles. The van der Waals surface area contributed by atoms with Crippen molar-refractivity contribution < 1.29 is 5.11 Å². The topological polar surface area (TPSA) is 36.0 Å². The Labute approximate surface area is 91.1 Å². The number of aromatic amines is 1. The van der Waals surface area contributed by atoms with E-state index in [1.165, 1.54) is 10.9 Å². The first-order chi connectivity index (χ1) is 6.74. The summed E-state index contributed by atoms with van der Waals surface area (Å²) >= 11 is 3.50. The third-order valence-electron chi connectivity index (χ3n) is 2.47. The second kappa shape index (κ2) is 3.75. The smallest absolute Gasteiger partial charge is 0.0603 e. The summed E-state index contributed by atoms with van der Waals surface area (Å²) in [5.74, 6) is 0. The van der Waals surface area contributed by atoms with Gasteiger partial charge in [-0.15, -0.1) is 0 Å². The predicted octanol–water partition coefficient (Wildman–Crippen LogP) is 2.77. The van der Waals surface area contributed by atoms with Gasteiger partial charge in [-0.25, -0.2) is 0 Å². The van der Waals surface area contributed by atoms with Gasteiger partial charge in [0.2, 0.25) is 0 Å². The molecule has 0 aliphatic carbocycles. The van der Waals surface area contributed by atoms with Gasteiger partial charge in [-0.3, -0.25) is 0 Å². The average Bonchev–Trinajstić information content (AvgIpc) is 2.47. The Hall–Kier alpha value is -0.800. The fourth-order valence-corrected chi connectivity index (χ4v) is 2.27. The van der Waals surface area contributed by atoms with Gasteiger partial charge >= 0.3 is 0 Å². The first-order valence-electron chi connectivity index (χ1n) is 4.60. The van der Waals surface area contributed by atoms with Gasteiger partial charge in [-0.1, -0.05) is 12.1 Å². The van der Waals surface area contributed by atoms with Crippen molar-refractivity contribution in [2.75, 3.05) is 6.61 Å². The summed E-state index contributed by atoms with van der Waals surface area (Å²) < 4.78 is 1.07. The van der Waals surface area contributed by atoms with E-state index in [1.807, 2.05) is 19.1 Å². The van der Waals surface area contributed by atoms with Crippen LogP contribution in [0.2, 0.25) is 0 Å². The summed E-state index contributed by atoms with van der Waals surface area (Å²) in [7, 11) is 0. The van der Waals surface area contributed by atoms with Crippen LogP contribution in [0.15, 0.2) is 22.7 Å². The van der Waals surface area contributed by atoms with Crippen molar-refractivity contribution in [1.82, 2.24) is 4.98 Å². The Morgan fingerprint density at radius 2 is 2.21 bits per heavy atom. The Morgan fingerprint density at radius 1 is 1.43 bits per heavy atom. The van der Waals surface area contributed by atoms with Gasteiger partial charge in [0.15, 0.2) is 0 Å². The monoisotopic (exact) mass is 253 g/mol. The molecule has 0 saturated heterocycles. The van der Waals surface area contributed by atoms with Crippen LogP contribution in [0.3, 0.4) is 0 Å². The molecular formula is C11H12BrNO. The number of aryl methyl sites for hydroxylation is 1. The summed E-state index contributed by atoms with van der Waals surface area (Å²) in [6.45, 7) is 2.23. The van der Waals surface area contributed by atoms with E-state index in [1.54, 1.807) is 0 Å². The molecule has 3 heteroatoms. The number of benzene rings is 1. The van der Waals surface area contributed by atoms with Crippen molar-refractivity contribution in [1.29, 1.82) is 0 Å². The maximum Gasteiger partial charge on any atom is 0.0603 e. The minimum Gasteiger partial charge on any atom is -0.396 e. The molecule has 2 aromatic rings. The van der Waals surface area contributed by atoms with Gasteiger partial charge in [-0.05, 0) is 40.9 Å². The van der Waals surface area contributed by atoms with E-state index in [0.717, 1.165) is 15.7 Å². The second-order valence-corrected chi connectivity index (χ2v) is 4.22. The molecule has 0 aliphatic rings. The summed E-state index contributed by atoms with van der Waals surface area (Å²) in [6.07, 6.45) is 0.711. The summed E-state index contributed by atoms with van der Waals surface area (Å²) in [4.78, 5) is 3.32. The van der Waals surface area contributed by atoms with E-state index in [2.05, 4.69) is 27.0 Å². The summed E-state index contributed by atoms with van der Waals surface area (Å²) in [5, 5.41) is 10.2. The minimum absolute atomic E-state index is 0.195. The molecule has 2 rings (SSSR count). The normalized spacial score (nSPS) is 11.1. The molecule has 0 bridgehead atoms. The number of rotatable bonds is 2. The molecule has 0 saturated carbocycles.